The van der Waals surface area contributed by atoms with E-state index in [1.807, 2.05) is 13.8 Å². The lowest BCUT2D eigenvalue weighted by Gasteiger charge is -2.26. The fourth-order valence-electron chi connectivity index (χ4n) is 0.760. The van der Waals surface area contributed by atoms with Crippen LogP contribution < -0.4 is 5.73 Å². The van der Waals surface area contributed by atoms with Gasteiger partial charge in [0.2, 0.25) is 5.91 Å². The second-order valence-corrected chi connectivity index (χ2v) is 6.92. The SMILES string of the molecule is CC(C)P(C)(=O)N(C)CC(N)=O. The van der Waals surface area contributed by atoms with E-state index in [-0.39, 0.29) is 12.2 Å². The number of carbonyl (C=O) groups is 1. The molecular weight excluding hydrogens is 175 g/mol. The summed E-state index contributed by atoms with van der Waals surface area (Å²) in [5, 5.41) is 0. The van der Waals surface area contributed by atoms with E-state index in [1.165, 1.54) is 0 Å². The zero-order valence-corrected chi connectivity index (χ0v) is 8.97. The van der Waals surface area contributed by atoms with Crippen LogP contribution in [0.1, 0.15) is 13.8 Å². The highest BCUT2D eigenvalue weighted by Gasteiger charge is 2.26. The summed E-state index contributed by atoms with van der Waals surface area (Å²) in [6.07, 6.45) is 0. The standard InChI is InChI=1S/C7H17N2O2P/c1-6(2)12(4,11)9(3)5-7(8)10/h6H,5H2,1-4H3,(H2,8,10). The topological polar surface area (TPSA) is 63.4 Å². The van der Waals surface area contributed by atoms with Gasteiger partial charge in [-0.3, -0.25) is 4.79 Å². The Bertz CT molecular complexity index is 215. The number of amides is 1. The zero-order valence-electron chi connectivity index (χ0n) is 8.07. The van der Waals surface area contributed by atoms with Crippen molar-refractivity contribution in [1.82, 2.24) is 4.67 Å². The number of primary amides is 1. The highest BCUT2D eigenvalue weighted by atomic mass is 31.2. The minimum atomic E-state index is -2.38. The van der Waals surface area contributed by atoms with Gasteiger partial charge in [-0.2, -0.15) is 0 Å². The molecule has 0 aromatic carbocycles. The smallest absolute Gasteiger partial charge is 0.232 e. The molecule has 0 radical (unpaired) electrons. The summed E-state index contributed by atoms with van der Waals surface area (Å²) in [5.74, 6) is -0.444. The number of rotatable bonds is 4. The summed E-state index contributed by atoms with van der Waals surface area (Å²) in [5.41, 5.74) is 5.05. The molecule has 0 fully saturated rings. The maximum atomic E-state index is 11.9. The third kappa shape index (κ3) is 2.95. The Morgan fingerprint density at radius 1 is 1.58 bits per heavy atom. The fraction of sp³-hybridized carbons (Fsp3) is 0.857. The molecule has 0 aliphatic rings. The second-order valence-electron chi connectivity index (χ2n) is 3.32. The van der Waals surface area contributed by atoms with Gasteiger partial charge >= 0.3 is 0 Å². The van der Waals surface area contributed by atoms with Gasteiger partial charge in [-0.05, 0) is 7.05 Å². The van der Waals surface area contributed by atoms with Crippen molar-refractivity contribution in [2.45, 2.75) is 19.5 Å². The maximum Gasteiger partial charge on any atom is 0.232 e. The van der Waals surface area contributed by atoms with E-state index in [1.54, 1.807) is 18.4 Å². The molecule has 0 aliphatic heterocycles. The quantitative estimate of drug-likeness (QED) is 0.667. The lowest BCUT2D eigenvalue weighted by atomic mass is 10.6. The fourth-order valence-corrected chi connectivity index (χ4v) is 1.97. The average molecular weight is 192 g/mol. The van der Waals surface area contributed by atoms with Gasteiger partial charge in [0.15, 0.2) is 0 Å². The Morgan fingerprint density at radius 3 is 2.25 bits per heavy atom. The maximum absolute atomic E-state index is 11.9. The third-order valence-electron chi connectivity index (χ3n) is 2.02. The predicted molar refractivity (Wildman–Crippen MR) is 50.5 cm³/mol. The van der Waals surface area contributed by atoms with E-state index in [0.717, 1.165) is 0 Å². The Hall–Kier alpha value is -0.340. The molecule has 0 heterocycles. The van der Waals surface area contributed by atoms with Crippen LogP contribution in [0.2, 0.25) is 0 Å². The van der Waals surface area contributed by atoms with Gasteiger partial charge in [-0.1, -0.05) is 13.8 Å². The first-order chi connectivity index (χ1) is 5.28. The van der Waals surface area contributed by atoms with Crippen molar-refractivity contribution in [3.63, 3.8) is 0 Å². The van der Waals surface area contributed by atoms with Crippen LogP contribution in [-0.4, -0.2) is 36.5 Å². The summed E-state index contributed by atoms with van der Waals surface area (Å²) < 4.78 is 13.4. The first-order valence-corrected chi connectivity index (χ1v) is 6.03. The molecule has 1 amide bonds. The van der Waals surface area contributed by atoms with Crippen LogP contribution in [0.5, 0.6) is 0 Å². The molecule has 0 aliphatic carbocycles. The molecule has 1 atom stereocenters. The normalized spacial score (nSPS) is 16.5. The van der Waals surface area contributed by atoms with Crippen molar-refractivity contribution >= 4 is 13.2 Å². The van der Waals surface area contributed by atoms with E-state index in [0.29, 0.717) is 0 Å². The van der Waals surface area contributed by atoms with Crippen LogP contribution in [-0.2, 0) is 9.36 Å². The molecule has 0 saturated carbocycles. The first-order valence-electron chi connectivity index (χ1n) is 3.85. The summed E-state index contributed by atoms with van der Waals surface area (Å²) >= 11 is 0. The molecule has 0 rings (SSSR count). The molecule has 12 heavy (non-hydrogen) atoms. The largest absolute Gasteiger partial charge is 0.369 e. The van der Waals surface area contributed by atoms with E-state index in [4.69, 9.17) is 5.73 Å². The molecule has 0 aromatic rings. The monoisotopic (exact) mass is 192 g/mol. The Morgan fingerprint density at radius 2 is 2.00 bits per heavy atom. The Balaban J connectivity index is 4.36. The van der Waals surface area contributed by atoms with Crippen LogP contribution in [0.15, 0.2) is 0 Å². The number of hydrogen-bond donors (Lipinski definition) is 1. The van der Waals surface area contributed by atoms with Gasteiger partial charge < -0.3 is 10.3 Å². The van der Waals surface area contributed by atoms with Crippen molar-refractivity contribution in [2.75, 3.05) is 20.3 Å². The third-order valence-corrected chi connectivity index (χ3v) is 5.43. The van der Waals surface area contributed by atoms with Gasteiger partial charge in [-0.25, -0.2) is 4.67 Å². The molecule has 1 unspecified atom stereocenters. The highest BCUT2D eigenvalue weighted by Crippen LogP contribution is 2.48. The molecule has 0 spiro atoms. The zero-order chi connectivity index (χ0) is 9.94. The predicted octanol–water partition coefficient (Wildman–Crippen LogP) is 0.720. The van der Waals surface area contributed by atoms with Gasteiger partial charge in [0, 0.05) is 12.3 Å². The van der Waals surface area contributed by atoms with Crippen LogP contribution in [0.25, 0.3) is 0 Å². The molecule has 4 nitrogen and oxygen atoms in total. The lowest BCUT2D eigenvalue weighted by Crippen LogP contribution is -2.30. The highest BCUT2D eigenvalue weighted by molar-refractivity contribution is 7.61. The molecular formula is C7H17N2O2P. The van der Waals surface area contributed by atoms with Gasteiger partial charge in [0.1, 0.15) is 7.29 Å². The van der Waals surface area contributed by atoms with E-state index in [9.17, 15) is 9.36 Å². The van der Waals surface area contributed by atoms with Gasteiger partial charge in [0.05, 0.1) is 6.54 Å². The summed E-state index contributed by atoms with van der Waals surface area (Å²) in [4.78, 5) is 10.5. The number of hydrogen-bond acceptors (Lipinski definition) is 2. The van der Waals surface area contributed by atoms with Gasteiger partial charge in [-0.15, -0.1) is 0 Å². The number of carbonyl (C=O) groups excluding carboxylic acids is 1. The van der Waals surface area contributed by atoms with Gasteiger partial charge in [0.25, 0.3) is 0 Å². The Labute approximate surface area is 73.5 Å². The number of likely N-dealkylation sites (N-methyl/N-ethyl adjacent to an activating group) is 1. The van der Waals surface area contributed by atoms with Crippen molar-refractivity contribution in [3.8, 4) is 0 Å². The van der Waals surface area contributed by atoms with Crippen molar-refractivity contribution in [2.24, 2.45) is 5.73 Å². The number of nitrogens with zero attached hydrogens (tertiary/aromatic N) is 1. The van der Waals surface area contributed by atoms with E-state index < -0.39 is 13.2 Å². The summed E-state index contributed by atoms with van der Waals surface area (Å²) in [6, 6.07) is 0. The van der Waals surface area contributed by atoms with Crippen LogP contribution in [0.4, 0.5) is 0 Å². The Kier molecular flexibility index (Phi) is 3.94. The van der Waals surface area contributed by atoms with Crippen LogP contribution in [0, 0.1) is 0 Å². The van der Waals surface area contributed by atoms with Crippen molar-refractivity contribution in [3.05, 3.63) is 0 Å². The average Bonchev–Trinajstić information content (AvgIpc) is 1.85. The minimum Gasteiger partial charge on any atom is -0.369 e. The van der Waals surface area contributed by atoms with Crippen molar-refractivity contribution < 1.29 is 9.36 Å². The molecule has 0 saturated heterocycles. The first kappa shape index (κ1) is 11.7. The second kappa shape index (κ2) is 4.06. The van der Waals surface area contributed by atoms with E-state index in [2.05, 4.69) is 0 Å². The number of nitrogens with two attached hydrogens (primary N) is 1. The van der Waals surface area contributed by atoms with E-state index >= 15 is 0 Å². The molecule has 0 aromatic heterocycles. The summed E-state index contributed by atoms with van der Waals surface area (Å²) in [6.45, 7) is 5.48. The van der Waals surface area contributed by atoms with Crippen LogP contribution in [0.3, 0.4) is 0 Å². The van der Waals surface area contributed by atoms with Crippen LogP contribution >= 0.6 is 7.29 Å². The molecule has 72 valence electrons. The lowest BCUT2D eigenvalue weighted by molar-refractivity contribution is -0.118. The molecule has 2 N–H and O–H groups in total. The molecule has 0 bridgehead atoms. The minimum absolute atomic E-state index is 0.0573. The summed E-state index contributed by atoms with van der Waals surface area (Å²) in [7, 11) is -0.719. The molecule has 5 heteroatoms. The van der Waals surface area contributed by atoms with Crippen molar-refractivity contribution in [1.29, 1.82) is 0 Å².